The van der Waals surface area contributed by atoms with Crippen LogP contribution in [0.4, 0.5) is 0 Å². The number of aromatic hydroxyl groups is 1. The summed E-state index contributed by atoms with van der Waals surface area (Å²) in [7, 11) is 0. The summed E-state index contributed by atoms with van der Waals surface area (Å²) in [6.07, 6.45) is 8.09. The number of phenolic OH excluding ortho intramolecular Hbond substituents is 1. The van der Waals surface area contributed by atoms with Crippen molar-refractivity contribution in [2.45, 2.75) is 57.5 Å². The molecule has 0 unspecified atom stereocenters. The fourth-order valence-electron chi connectivity index (χ4n) is 5.85. The van der Waals surface area contributed by atoms with Gasteiger partial charge in [0.15, 0.2) is 0 Å². The topological polar surface area (TPSA) is 60.7 Å². The molecule has 0 bridgehead atoms. The molecule has 0 saturated heterocycles. The molecule has 1 aromatic rings. The molecular formula is C20H24O3. The number of phenols is 1. The summed E-state index contributed by atoms with van der Waals surface area (Å²) in [5.74, 6) is 4.62. The highest BCUT2D eigenvalue weighted by Gasteiger charge is 2.54. The number of benzene rings is 1. The first-order valence-corrected chi connectivity index (χ1v) is 8.73. The molecule has 0 amide bonds. The lowest BCUT2D eigenvalue weighted by atomic mass is 9.55. The summed E-state index contributed by atoms with van der Waals surface area (Å²) >= 11 is 0. The molecular weight excluding hydrogens is 288 g/mol. The maximum atomic E-state index is 10.5. The van der Waals surface area contributed by atoms with Crippen LogP contribution in [0.25, 0.3) is 0 Å². The Morgan fingerprint density at radius 3 is 2.78 bits per heavy atom. The Morgan fingerprint density at radius 2 is 2.00 bits per heavy atom. The van der Waals surface area contributed by atoms with Crippen molar-refractivity contribution in [2.24, 2.45) is 17.3 Å². The second-order valence-electron chi connectivity index (χ2n) is 7.86. The molecule has 1 aromatic carbocycles. The zero-order chi connectivity index (χ0) is 16.2. The first-order chi connectivity index (χ1) is 11.0. The van der Waals surface area contributed by atoms with Gasteiger partial charge in [-0.1, -0.05) is 6.92 Å². The average molecular weight is 312 g/mol. The van der Waals surface area contributed by atoms with E-state index in [1.165, 1.54) is 11.1 Å². The van der Waals surface area contributed by atoms with Gasteiger partial charge in [-0.2, -0.15) is 0 Å². The number of aryl methyl sites for hydroxylation is 1. The molecule has 0 spiro atoms. The number of hydrogen-bond donors (Lipinski definition) is 3. The van der Waals surface area contributed by atoms with Gasteiger partial charge in [-0.15, -0.1) is 0 Å². The second kappa shape index (κ2) is 5.18. The van der Waals surface area contributed by atoms with Crippen LogP contribution >= 0.6 is 0 Å². The van der Waals surface area contributed by atoms with Gasteiger partial charge in [0.05, 0.1) is 6.10 Å². The molecule has 3 aliphatic rings. The van der Waals surface area contributed by atoms with Crippen molar-refractivity contribution >= 4 is 0 Å². The van der Waals surface area contributed by atoms with Gasteiger partial charge in [0.1, 0.15) is 11.9 Å². The second-order valence-corrected chi connectivity index (χ2v) is 7.86. The number of aliphatic hydroxyl groups is 2. The standard InChI is InChI=1S/C20H24O3/c1-20-8-6-16-15(17(20)4-5-18(20)23)3-2-12-10-14(22)11-13(7-9-21)19(12)16/h10-11,15-18,21-23H,2-6,8H2,1H3/t15-,16+,17+,18+,20+/m1/s1. The van der Waals surface area contributed by atoms with Gasteiger partial charge in [-0.05, 0) is 90.9 Å². The molecule has 122 valence electrons. The molecule has 0 heterocycles. The van der Waals surface area contributed by atoms with Crippen molar-refractivity contribution < 1.29 is 15.3 Å². The van der Waals surface area contributed by atoms with E-state index in [1.54, 1.807) is 6.07 Å². The van der Waals surface area contributed by atoms with Gasteiger partial charge in [-0.25, -0.2) is 0 Å². The van der Waals surface area contributed by atoms with Crippen LogP contribution in [0.15, 0.2) is 12.1 Å². The van der Waals surface area contributed by atoms with Crippen molar-refractivity contribution in [2.75, 3.05) is 0 Å². The minimum absolute atomic E-state index is 0.0679. The molecule has 3 heteroatoms. The summed E-state index contributed by atoms with van der Waals surface area (Å²) in [6, 6.07) is 3.55. The fourth-order valence-corrected chi connectivity index (χ4v) is 5.85. The highest BCUT2D eigenvalue weighted by Crippen LogP contribution is 2.61. The van der Waals surface area contributed by atoms with Crippen LogP contribution in [-0.2, 0) is 6.42 Å². The molecule has 0 aromatic heterocycles. The lowest BCUT2D eigenvalue weighted by Gasteiger charge is -2.50. The Bertz CT molecular complexity index is 699. The normalized spacial score (nSPS) is 38.0. The number of aliphatic hydroxyl groups excluding tert-OH is 2. The van der Waals surface area contributed by atoms with Crippen LogP contribution in [-0.4, -0.2) is 21.4 Å². The fraction of sp³-hybridized carbons (Fsp3) is 0.600. The van der Waals surface area contributed by atoms with Gasteiger partial charge in [0.2, 0.25) is 0 Å². The van der Waals surface area contributed by atoms with E-state index in [0.29, 0.717) is 17.8 Å². The van der Waals surface area contributed by atoms with Crippen LogP contribution in [0.5, 0.6) is 5.75 Å². The number of rotatable bonds is 0. The van der Waals surface area contributed by atoms with Crippen LogP contribution in [0.2, 0.25) is 0 Å². The predicted molar refractivity (Wildman–Crippen MR) is 87.5 cm³/mol. The van der Waals surface area contributed by atoms with E-state index in [2.05, 4.69) is 12.8 Å². The molecule has 3 nitrogen and oxygen atoms in total. The van der Waals surface area contributed by atoms with E-state index in [4.69, 9.17) is 5.11 Å². The van der Waals surface area contributed by atoms with Crippen LogP contribution < -0.4 is 0 Å². The molecule has 2 fully saturated rings. The van der Waals surface area contributed by atoms with E-state index < -0.39 is 0 Å². The third-order valence-corrected chi connectivity index (χ3v) is 6.95. The van der Waals surface area contributed by atoms with Gasteiger partial charge in [0, 0.05) is 5.56 Å². The molecule has 3 N–H and O–H groups in total. The SMILES string of the molecule is C[C@]12CC[C@@H]3c4c(C#CO)cc(O)cc4CC[C@H]3[C@@H]1CC[C@@H]2O. The Hall–Kier alpha value is -1.66. The summed E-state index contributed by atoms with van der Waals surface area (Å²) in [5.41, 5.74) is 3.27. The number of fused-ring (bicyclic) bond motifs is 5. The first-order valence-electron chi connectivity index (χ1n) is 8.73. The molecule has 4 rings (SSSR count). The van der Waals surface area contributed by atoms with E-state index >= 15 is 0 Å². The van der Waals surface area contributed by atoms with Crippen molar-refractivity contribution in [3.63, 3.8) is 0 Å². The smallest absolute Gasteiger partial charge is 0.117 e. The maximum absolute atomic E-state index is 10.5. The lowest BCUT2D eigenvalue weighted by molar-refractivity contribution is -0.0226. The third kappa shape index (κ3) is 2.08. The Kier molecular flexibility index (Phi) is 3.35. The quantitative estimate of drug-likeness (QED) is 0.644. The number of hydrogen-bond acceptors (Lipinski definition) is 3. The largest absolute Gasteiger partial charge is 0.508 e. The van der Waals surface area contributed by atoms with Crippen molar-refractivity contribution in [3.8, 4) is 17.8 Å². The Balaban J connectivity index is 1.78. The van der Waals surface area contributed by atoms with E-state index in [1.807, 2.05) is 12.2 Å². The molecule has 0 aliphatic heterocycles. The molecule has 23 heavy (non-hydrogen) atoms. The molecule has 3 aliphatic carbocycles. The monoisotopic (exact) mass is 312 g/mol. The van der Waals surface area contributed by atoms with Gasteiger partial charge < -0.3 is 15.3 Å². The third-order valence-electron chi connectivity index (χ3n) is 6.95. The van der Waals surface area contributed by atoms with E-state index in [-0.39, 0.29) is 17.3 Å². The van der Waals surface area contributed by atoms with Gasteiger partial charge in [0.25, 0.3) is 0 Å². The van der Waals surface area contributed by atoms with Crippen molar-refractivity contribution in [1.82, 2.24) is 0 Å². The summed E-state index contributed by atoms with van der Waals surface area (Å²) in [4.78, 5) is 0. The van der Waals surface area contributed by atoms with Crippen molar-refractivity contribution in [3.05, 3.63) is 28.8 Å². The molecule has 5 atom stereocenters. The predicted octanol–water partition coefficient (Wildman–Crippen LogP) is 3.29. The summed E-state index contributed by atoms with van der Waals surface area (Å²) < 4.78 is 0. The highest BCUT2D eigenvalue weighted by molar-refractivity contribution is 5.53. The summed E-state index contributed by atoms with van der Waals surface area (Å²) in [5, 5.41) is 29.4. The molecule has 0 radical (unpaired) electrons. The van der Waals surface area contributed by atoms with E-state index in [0.717, 1.165) is 44.1 Å². The minimum atomic E-state index is -0.161. The van der Waals surface area contributed by atoms with Crippen molar-refractivity contribution in [1.29, 1.82) is 0 Å². The highest BCUT2D eigenvalue weighted by atomic mass is 16.3. The summed E-state index contributed by atoms with van der Waals surface area (Å²) in [6.45, 7) is 2.27. The zero-order valence-electron chi connectivity index (χ0n) is 13.5. The Morgan fingerprint density at radius 1 is 1.17 bits per heavy atom. The lowest BCUT2D eigenvalue weighted by Crippen LogP contribution is -2.44. The maximum Gasteiger partial charge on any atom is 0.117 e. The van der Waals surface area contributed by atoms with Crippen LogP contribution in [0.3, 0.4) is 0 Å². The van der Waals surface area contributed by atoms with E-state index in [9.17, 15) is 10.2 Å². The average Bonchev–Trinajstić information content (AvgIpc) is 2.82. The van der Waals surface area contributed by atoms with Gasteiger partial charge in [-0.3, -0.25) is 0 Å². The van der Waals surface area contributed by atoms with Gasteiger partial charge >= 0.3 is 0 Å². The molecule has 2 saturated carbocycles. The van der Waals surface area contributed by atoms with Crippen LogP contribution in [0, 0.1) is 29.3 Å². The Labute approximate surface area is 137 Å². The van der Waals surface area contributed by atoms with Crippen LogP contribution in [0.1, 0.15) is 61.6 Å². The zero-order valence-corrected chi connectivity index (χ0v) is 13.5. The first kappa shape index (κ1) is 14.9. The minimum Gasteiger partial charge on any atom is -0.508 e.